The number of halogens is 3. The van der Waals surface area contributed by atoms with Gasteiger partial charge in [-0.2, -0.15) is 18.2 Å². The molecule has 2 bridgehead atoms. The van der Waals surface area contributed by atoms with E-state index in [2.05, 4.69) is 15.5 Å². The molecule has 1 N–H and O–H groups in total. The number of anilines is 1. The lowest BCUT2D eigenvalue weighted by molar-refractivity contribution is -0.137. The molecule has 0 radical (unpaired) electrons. The van der Waals surface area contributed by atoms with Crippen LogP contribution in [0.25, 0.3) is 0 Å². The predicted octanol–water partition coefficient (Wildman–Crippen LogP) is 4.37. The van der Waals surface area contributed by atoms with E-state index < -0.39 is 17.2 Å². The Balaban J connectivity index is 1.53. The first-order valence-corrected chi connectivity index (χ1v) is 9.22. The third-order valence-corrected chi connectivity index (χ3v) is 5.87. The maximum absolute atomic E-state index is 12.9. The van der Waals surface area contributed by atoms with Crippen LogP contribution in [0.5, 0.6) is 0 Å². The molecule has 3 fully saturated rings. The number of nitrogens with one attached hydrogen (secondary N) is 1. The highest BCUT2D eigenvalue weighted by molar-refractivity contribution is 5.89. The Bertz CT molecular complexity index is 880. The molecule has 150 valence electrons. The highest BCUT2D eigenvalue weighted by atomic mass is 19.4. The summed E-state index contributed by atoms with van der Waals surface area (Å²) in [7, 11) is 0. The molecular weight excluding hydrogens is 373 g/mol. The molecule has 1 aromatic carbocycles. The lowest BCUT2D eigenvalue weighted by Crippen LogP contribution is -2.62. The summed E-state index contributed by atoms with van der Waals surface area (Å²) < 4.78 is 43.5. The van der Waals surface area contributed by atoms with Crippen molar-refractivity contribution in [2.24, 2.45) is 5.92 Å². The fourth-order valence-corrected chi connectivity index (χ4v) is 4.53. The zero-order valence-corrected chi connectivity index (χ0v) is 15.6. The number of carbonyl (C=O) groups excluding carboxylic acids is 1. The Morgan fingerprint density at radius 1 is 1.29 bits per heavy atom. The molecule has 0 spiro atoms. The number of alkyl halides is 3. The number of carbonyl (C=O) groups is 1. The van der Waals surface area contributed by atoms with Crippen LogP contribution in [0.2, 0.25) is 0 Å². The second-order valence-electron chi connectivity index (χ2n) is 7.89. The zero-order chi connectivity index (χ0) is 20.1. The van der Waals surface area contributed by atoms with E-state index in [9.17, 15) is 18.0 Å². The second kappa shape index (κ2) is 6.49. The van der Waals surface area contributed by atoms with Gasteiger partial charge in [0.15, 0.2) is 5.82 Å². The van der Waals surface area contributed by atoms with Crippen LogP contribution in [0.3, 0.4) is 0 Å². The summed E-state index contributed by atoms with van der Waals surface area (Å²) in [6, 6.07) is 4.03. The number of aryl methyl sites for hydroxylation is 1. The predicted molar refractivity (Wildman–Crippen MR) is 94.7 cm³/mol. The molecular formula is C19H21F3N4O2. The first kappa shape index (κ1) is 18.8. The molecule has 2 amide bonds. The summed E-state index contributed by atoms with van der Waals surface area (Å²) in [5, 5.41) is 6.61. The monoisotopic (exact) mass is 394 g/mol. The van der Waals surface area contributed by atoms with Crippen molar-refractivity contribution in [1.82, 2.24) is 15.0 Å². The van der Waals surface area contributed by atoms with Crippen molar-refractivity contribution >= 4 is 11.7 Å². The minimum absolute atomic E-state index is 0.105. The summed E-state index contributed by atoms with van der Waals surface area (Å²) in [5.41, 5.74) is -0.850. The van der Waals surface area contributed by atoms with E-state index in [4.69, 9.17) is 4.52 Å². The van der Waals surface area contributed by atoms with Crippen LogP contribution in [-0.4, -0.2) is 33.7 Å². The molecule has 3 aliphatic rings. The molecule has 2 aliphatic heterocycles. The molecule has 9 heteroatoms. The quantitative estimate of drug-likeness (QED) is 0.821. The highest BCUT2D eigenvalue weighted by Crippen LogP contribution is 2.48. The van der Waals surface area contributed by atoms with Gasteiger partial charge in [-0.25, -0.2) is 4.79 Å². The summed E-state index contributed by atoms with van der Waals surface area (Å²) >= 11 is 0. The Kier molecular flexibility index (Phi) is 4.35. The van der Waals surface area contributed by atoms with Gasteiger partial charge < -0.3 is 14.7 Å². The molecule has 3 unspecified atom stereocenters. The summed E-state index contributed by atoms with van der Waals surface area (Å²) in [6.07, 6.45) is -1.69. The molecule has 1 aromatic heterocycles. The van der Waals surface area contributed by atoms with Gasteiger partial charge in [0.1, 0.15) is 0 Å². The number of rotatable bonds is 2. The van der Waals surface area contributed by atoms with Gasteiger partial charge in [0, 0.05) is 18.3 Å². The average Bonchev–Trinajstić information content (AvgIpc) is 3.09. The molecule has 2 saturated heterocycles. The normalized spacial score (nSPS) is 27.1. The van der Waals surface area contributed by atoms with Crippen molar-refractivity contribution in [2.75, 3.05) is 11.9 Å². The highest BCUT2D eigenvalue weighted by Gasteiger charge is 2.53. The van der Waals surface area contributed by atoms with E-state index in [-0.39, 0.29) is 12.1 Å². The lowest BCUT2D eigenvalue weighted by Gasteiger charge is -2.53. The minimum Gasteiger partial charge on any atom is -0.339 e. The number of hydrogen-bond acceptors (Lipinski definition) is 4. The minimum atomic E-state index is -4.40. The number of fused-ring (bicyclic) bond motifs is 3. The van der Waals surface area contributed by atoms with Crippen LogP contribution < -0.4 is 5.32 Å². The van der Waals surface area contributed by atoms with Crippen LogP contribution in [0.15, 0.2) is 28.8 Å². The standard InChI is InChI=1S/C19H21F3N4O2/c1-11-23-16(28-25-11)18(2)9-12-3-8-15(18)26(10-12)17(27)24-14-6-4-13(5-7-14)19(20,21)22/h4-7,12,15H,3,8-10H2,1-2H3,(H,24,27). The zero-order valence-electron chi connectivity index (χ0n) is 15.6. The van der Waals surface area contributed by atoms with Crippen molar-refractivity contribution in [3.8, 4) is 0 Å². The van der Waals surface area contributed by atoms with Gasteiger partial charge in [-0.15, -0.1) is 0 Å². The molecule has 6 nitrogen and oxygen atoms in total. The number of aromatic nitrogens is 2. The van der Waals surface area contributed by atoms with Crippen LogP contribution in [0, 0.1) is 12.8 Å². The van der Waals surface area contributed by atoms with Crippen LogP contribution in [-0.2, 0) is 11.6 Å². The van der Waals surface area contributed by atoms with Gasteiger partial charge in [0.25, 0.3) is 0 Å². The van der Waals surface area contributed by atoms with E-state index in [1.165, 1.54) is 12.1 Å². The Morgan fingerprint density at radius 2 is 2.00 bits per heavy atom. The number of amides is 2. The third-order valence-electron chi connectivity index (χ3n) is 5.87. The van der Waals surface area contributed by atoms with E-state index in [0.717, 1.165) is 31.4 Å². The third kappa shape index (κ3) is 3.22. The van der Waals surface area contributed by atoms with E-state index in [0.29, 0.717) is 29.9 Å². The Hall–Kier alpha value is -2.58. The maximum Gasteiger partial charge on any atom is 0.416 e. The number of urea groups is 1. The average molecular weight is 394 g/mol. The molecule has 2 aromatic rings. The number of nitrogens with zero attached hydrogens (tertiary/aromatic N) is 3. The van der Waals surface area contributed by atoms with Gasteiger partial charge in [0.2, 0.25) is 5.89 Å². The molecule has 3 heterocycles. The number of hydrogen-bond donors (Lipinski definition) is 1. The Morgan fingerprint density at radius 3 is 2.57 bits per heavy atom. The molecule has 1 aliphatic carbocycles. The summed E-state index contributed by atoms with van der Waals surface area (Å²) in [6.45, 7) is 4.40. The molecule has 3 atom stereocenters. The number of piperidine rings is 2. The van der Waals surface area contributed by atoms with Gasteiger partial charge in [-0.05, 0) is 63.3 Å². The van der Waals surface area contributed by atoms with Gasteiger partial charge in [-0.1, -0.05) is 5.16 Å². The summed E-state index contributed by atoms with van der Waals surface area (Å²) in [5.74, 6) is 1.41. The van der Waals surface area contributed by atoms with Crippen LogP contribution >= 0.6 is 0 Å². The van der Waals surface area contributed by atoms with Crippen molar-refractivity contribution in [3.63, 3.8) is 0 Å². The fourth-order valence-electron chi connectivity index (χ4n) is 4.53. The molecule has 5 rings (SSSR count). The second-order valence-corrected chi connectivity index (χ2v) is 7.89. The largest absolute Gasteiger partial charge is 0.416 e. The van der Waals surface area contributed by atoms with Crippen LogP contribution in [0.1, 0.15) is 43.5 Å². The van der Waals surface area contributed by atoms with Gasteiger partial charge in [-0.3, -0.25) is 0 Å². The maximum atomic E-state index is 12.9. The smallest absolute Gasteiger partial charge is 0.339 e. The fraction of sp³-hybridized carbons (Fsp3) is 0.526. The van der Waals surface area contributed by atoms with Crippen molar-refractivity contribution in [1.29, 1.82) is 0 Å². The summed E-state index contributed by atoms with van der Waals surface area (Å²) in [4.78, 5) is 19.0. The van der Waals surface area contributed by atoms with Crippen LogP contribution in [0.4, 0.5) is 23.7 Å². The van der Waals surface area contributed by atoms with Gasteiger partial charge >= 0.3 is 12.2 Å². The molecule has 28 heavy (non-hydrogen) atoms. The first-order chi connectivity index (χ1) is 13.2. The van der Waals surface area contributed by atoms with E-state index in [1.54, 1.807) is 11.8 Å². The number of benzene rings is 1. The topological polar surface area (TPSA) is 71.3 Å². The van der Waals surface area contributed by atoms with Crippen molar-refractivity contribution in [3.05, 3.63) is 41.5 Å². The van der Waals surface area contributed by atoms with E-state index in [1.807, 2.05) is 6.92 Å². The van der Waals surface area contributed by atoms with Gasteiger partial charge in [0.05, 0.1) is 11.0 Å². The van der Waals surface area contributed by atoms with Crippen molar-refractivity contribution in [2.45, 2.75) is 50.7 Å². The first-order valence-electron chi connectivity index (χ1n) is 9.22. The van der Waals surface area contributed by atoms with Crippen molar-refractivity contribution < 1.29 is 22.5 Å². The van der Waals surface area contributed by atoms with E-state index >= 15 is 0 Å². The Labute approximate surface area is 160 Å². The molecule has 1 saturated carbocycles. The lowest BCUT2D eigenvalue weighted by atomic mass is 9.63. The SMILES string of the molecule is Cc1noc(C2(C)CC3CCC2N(C(=O)Nc2ccc(C(F)(F)F)cc2)C3)n1.